The topological polar surface area (TPSA) is 394 Å². The van der Waals surface area contributed by atoms with E-state index in [4.69, 9.17) is 5.11 Å². The van der Waals surface area contributed by atoms with E-state index >= 15 is 0 Å². The molecule has 0 unspecified atom stereocenters. The first-order chi connectivity index (χ1) is 40.5. The molecule has 2 aromatic rings. The highest BCUT2D eigenvalue weighted by Gasteiger charge is 2.32. The van der Waals surface area contributed by atoms with Gasteiger partial charge in [0.1, 0.15) is 24.2 Å². The second kappa shape index (κ2) is 35.1. The molecule has 0 aromatic heterocycles. The van der Waals surface area contributed by atoms with Crippen molar-refractivity contribution < 1.29 is 83.4 Å². The molecule has 12 N–H and O–H groups in total. The van der Waals surface area contributed by atoms with E-state index < -0.39 is 111 Å². The Morgan fingerprint density at radius 3 is 1.62 bits per heavy atom. The van der Waals surface area contributed by atoms with Gasteiger partial charge in [0, 0.05) is 90.6 Å². The Hall–Kier alpha value is -7.48. The van der Waals surface area contributed by atoms with Gasteiger partial charge in [0.25, 0.3) is 0 Å². The molecule has 0 spiro atoms. The molecule has 2 aliphatic heterocycles. The van der Waals surface area contributed by atoms with Crippen molar-refractivity contribution in [1.29, 1.82) is 0 Å². The number of hydrogen-bond acceptors (Lipinski definition) is 15. The highest BCUT2D eigenvalue weighted by atomic mass is 27.2. The van der Waals surface area contributed by atoms with Crippen LogP contribution in [0, 0.1) is 11.8 Å². The number of unbranched alkanes of at least 4 members (excludes halogenated alkanes) is 1. The van der Waals surface area contributed by atoms with Crippen molar-refractivity contribution in [3.63, 3.8) is 0 Å². The van der Waals surface area contributed by atoms with Crippen LogP contribution in [0.1, 0.15) is 69.8 Å². The quantitative estimate of drug-likeness (QED) is 0.0354. The number of benzene rings is 2. The van der Waals surface area contributed by atoms with E-state index in [0.29, 0.717) is 32.2 Å². The first-order valence-corrected chi connectivity index (χ1v) is 31.3. The van der Waals surface area contributed by atoms with Crippen molar-refractivity contribution in [2.75, 3.05) is 91.6 Å². The van der Waals surface area contributed by atoms with Crippen molar-refractivity contribution in [3.8, 4) is 0 Å². The number of hydrogen-bond donors (Lipinski definition) is 12. The molecule has 1 aliphatic carbocycles. The number of allylic oxidation sites excluding steroid dienone is 1. The molecule has 2 heterocycles. The number of rotatable bonds is 31. The highest BCUT2D eigenvalue weighted by molar-refractivity contribution is 6.69. The van der Waals surface area contributed by atoms with Crippen LogP contribution in [-0.2, 0) is 54.4 Å². The summed E-state index contributed by atoms with van der Waals surface area (Å²) in [4.78, 5) is 149. The molecule has 1 saturated carbocycles. The highest BCUT2D eigenvalue weighted by Crippen LogP contribution is 2.29. The monoisotopic (exact) mass is 1200 g/mol. The van der Waals surface area contributed by atoms with Gasteiger partial charge < -0.3 is 62.5 Å². The Labute approximate surface area is 496 Å². The number of amides is 6. The molecule has 6 amide bonds. The average Bonchev–Trinajstić information content (AvgIpc) is 4.04. The maximum Gasteiger partial charge on any atom is 0.326 e. The van der Waals surface area contributed by atoms with E-state index in [1.807, 2.05) is 53.4 Å². The second-order valence-electron chi connectivity index (χ2n) is 22.1. The van der Waals surface area contributed by atoms with Crippen LogP contribution in [0.2, 0.25) is 5.79 Å². The van der Waals surface area contributed by atoms with Crippen LogP contribution < -0.4 is 31.9 Å². The normalized spacial score (nSPS) is 18.9. The Morgan fingerprint density at radius 1 is 0.553 bits per heavy atom. The number of carbonyl (C=O) groups excluding carboxylic acids is 5. The number of aliphatic carboxylic acids is 6. The van der Waals surface area contributed by atoms with Crippen LogP contribution in [0.3, 0.4) is 0 Å². The lowest BCUT2D eigenvalue weighted by atomic mass is 9.81. The summed E-state index contributed by atoms with van der Waals surface area (Å²) >= 11 is -1.19. The van der Waals surface area contributed by atoms with Crippen LogP contribution in [0.4, 0.5) is 4.79 Å². The summed E-state index contributed by atoms with van der Waals surface area (Å²) < 4.78 is 0. The Balaban J connectivity index is 1.12. The molecule has 4 atom stereocenters. The fourth-order valence-corrected chi connectivity index (χ4v) is 12.1. The summed E-state index contributed by atoms with van der Waals surface area (Å²) in [6.07, 6.45) is 3.83. The van der Waals surface area contributed by atoms with E-state index in [-0.39, 0.29) is 135 Å². The minimum Gasteiger partial charge on any atom is -0.481 e. The zero-order valence-electron chi connectivity index (χ0n) is 48.0. The minimum atomic E-state index is -1.56. The van der Waals surface area contributed by atoms with Crippen LogP contribution in [0.15, 0.2) is 64.0 Å². The SMILES string of the molecule is [CH3][Al]1[CH]=CC(C[C@H](NC(=O)CN2CCN(CC(=O)O)CCN(CC(=O)NCC3CCC(C(=O)N[C@@H](Cc4ccc5ccccc5c4)C(=O)NCCCC[C@H](NC(=O)N[C@@H](CCC(=O)O)C(=O)O)C(=O)O)CC3)CCN(CC(=O)O)CC2)C(=O)O)=[CH]1. The van der Waals surface area contributed by atoms with Gasteiger partial charge in [0.2, 0.25) is 23.6 Å². The molecule has 464 valence electrons. The molecule has 0 bridgehead atoms. The van der Waals surface area contributed by atoms with Gasteiger partial charge in [0.05, 0.1) is 26.2 Å². The summed E-state index contributed by atoms with van der Waals surface area (Å²) in [5.74, 6) is -7.35. The van der Waals surface area contributed by atoms with Crippen LogP contribution in [0.25, 0.3) is 10.8 Å². The third kappa shape index (κ3) is 25.3. The van der Waals surface area contributed by atoms with E-state index in [2.05, 4.69) is 47.6 Å². The van der Waals surface area contributed by atoms with Gasteiger partial charge in [-0.15, -0.1) is 9.88 Å². The lowest BCUT2D eigenvalue weighted by molar-refractivity contribution is -0.142. The maximum absolute atomic E-state index is 13.9. The Morgan fingerprint density at radius 2 is 1.09 bits per heavy atom. The standard InChI is InChI=1S/C56H78N10O17.CH3.Al/c1-3-36(2)28-45(55(81)82)59-47(68)33-64-22-26-65(34-49(71)72)24-20-63(21-25-66(27-23-64)35-50(73)74)32-46(67)58-31-37-11-15-40(16-12-37)51(75)60-44(30-38-13-14-39-8-4-5-9-41(39)29-38)52(76)57-19-7-6-10-42(53(77)78)61-56(83)62-43(54(79)80)17-18-48(69)70;;/h1-5,8-9,13-14,29,37,40,42-45H,6-7,10-12,15-28,30-35H2,(H,57,76)(H,58,67)(H,59,68)(H,60,75)(H,69,70)(H,71,72)(H,73,74)(H,77,78)(H,79,80)(H,81,82)(H2,61,62,83);1H3;/t37?,40?,42-,43-,44-,45-;;/m0../s1. The van der Waals surface area contributed by atoms with Gasteiger partial charge in [-0.3, -0.25) is 53.2 Å². The summed E-state index contributed by atoms with van der Waals surface area (Å²) in [7, 11) is 0. The molecule has 0 radical (unpaired) electrons. The number of urea groups is 1. The molecule has 2 fully saturated rings. The smallest absolute Gasteiger partial charge is 0.326 e. The summed E-state index contributed by atoms with van der Waals surface area (Å²) in [6, 6.07) is 7.24. The van der Waals surface area contributed by atoms with Gasteiger partial charge in [0.15, 0.2) is 0 Å². The number of nitrogens with one attached hydrogen (secondary N) is 6. The molecule has 1 saturated heterocycles. The van der Waals surface area contributed by atoms with Gasteiger partial charge in [-0.2, -0.15) is 0 Å². The van der Waals surface area contributed by atoms with Gasteiger partial charge >= 0.3 is 56.0 Å². The molecular weight excluding hydrogens is 1120 g/mol. The number of nitrogens with zero attached hydrogens (tertiary/aromatic N) is 4. The van der Waals surface area contributed by atoms with Crippen LogP contribution in [-0.4, -0.2) is 246 Å². The zero-order chi connectivity index (χ0) is 62.0. The maximum atomic E-state index is 13.9. The van der Waals surface area contributed by atoms with E-state index in [1.165, 1.54) is 0 Å². The zero-order valence-corrected chi connectivity index (χ0v) is 49.1. The van der Waals surface area contributed by atoms with Crippen molar-refractivity contribution in [1.82, 2.24) is 51.5 Å². The predicted molar refractivity (Wildman–Crippen MR) is 310 cm³/mol. The van der Waals surface area contributed by atoms with Crippen molar-refractivity contribution in [3.05, 3.63) is 69.6 Å². The van der Waals surface area contributed by atoms with Crippen molar-refractivity contribution in [2.24, 2.45) is 11.8 Å². The third-order valence-electron chi connectivity index (χ3n) is 15.3. The molecule has 27 nitrogen and oxygen atoms in total. The van der Waals surface area contributed by atoms with Gasteiger partial charge in [-0.05, 0) is 73.6 Å². The molecular formula is C57H81AlN10O17. The van der Waals surface area contributed by atoms with Crippen LogP contribution in [0.5, 0.6) is 0 Å². The fraction of sp³-hybridized carbons (Fsp3) is 0.561. The summed E-state index contributed by atoms with van der Waals surface area (Å²) in [5, 5.41) is 75.1. The van der Waals surface area contributed by atoms with E-state index in [9.17, 15) is 78.3 Å². The fourth-order valence-electron chi connectivity index (χ4n) is 10.5. The van der Waals surface area contributed by atoms with E-state index in [0.717, 1.165) is 21.9 Å². The van der Waals surface area contributed by atoms with Gasteiger partial charge in [-0.25, -0.2) is 19.2 Å². The predicted octanol–water partition coefficient (Wildman–Crippen LogP) is 0.196. The number of carbonyl (C=O) groups is 11. The van der Waals surface area contributed by atoms with Crippen molar-refractivity contribution >= 4 is 90.4 Å². The number of fused-ring (bicyclic) bond motifs is 1. The molecule has 85 heavy (non-hydrogen) atoms. The second-order valence-corrected chi connectivity index (χ2v) is 24.5. The minimum absolute atomic E-state index is 0.0381. The van der Waals surface area contributed by atoms with Crippen molar-refractivity contribution in [2.45, 2.75) is 101 Å². The first kappa shape index (κ1) is 68.3. The van der Waals surface area contributed by atoms with Crippen LogP contribution >= 0.6 is 0 Å². The third-order valence-corrected chi connectivity index (χ3v) is 17.1. The first-order valence-electron chi connectivity index (χ1n) is 28.8. The number of carboxylic acids is 6. The Kier molecular flexibility index (Phi) is 28.2. The number of carboxylic acid groups (broad SMARTS) is 6. The molecule has 3 aliphatic rings. The summed E-state index contributed by atoms with van der Waals surface area (Å²) in [6.45, 7) is 1.40. The lowest BCUT2D eigenvalue weighted by Gasteiger charge is -2.33. The molecule has 5 rings (SSSR count). The van der Waals surface area contributed by atoms with Gasteiger partial charge in [-0.1, -0.05) is 59.9 Å². The largest absolute Gasteiger partial charge is 0.481 e. The summed E-state index contributed by atoms with van der Waals surface area (Å²) in [5.41, 5.74) is 1.65. The average molecular weight is 1210 g/mol. The Bertz CT molecular complexity index is 2710. The molecule has 28 heteroatoms. The lowest BCUT2D eigenvalue weighted by Crippen LogP contribution is -2.51. The van der Waals surface area contributed by atoms with E-state index in [1.54, 1.807) is 14.7 Å². The molecule has 2 aromatic carbocycles.